The van der Waals surface area contributed by atoms with Gasteiger partial charge in [-0.1, -0.05) is 19.1 Å². The van der Waals surface area contributed by atoms with Gasteiger partial charge in [-0.25, -0.2) is 4.79 Å². The van der Waals surface area contributed by atoms with Crippen LogP contribution in [0.4, 0.5) is 0 Å². The Labute approximate surface area is 129 Å². The molecule has 0 aliphatic carbocycles. The monoisotopic (exact) mass is 307 g/mol. The smallest absolute Gasteiger partial charge is 0.329 e. The van der Waals surface area contributed by atoms with Crippen LogP contribution in [0.15, 0.2) is 29.1 Å². The number of aromatic nitrogens is 2. The number of hydrogen-bond acceptors (Lipinski definition) is 3. The largest absolute Gasteiger partial charge is 0.355 e. The van der Waals surface area contributed by atoms with Gasteiger partial charge in [0.15, 0.2) is 0 Å². The van der Waals surface area contributed by atoms with Gasteiger partial charge in [0.25, 0.3) is 0 Å². The highest BCUT2D eigenvalue weighted by atomic mass is 32.1. The highest BCUT2D eigenvalue weighted by molar-refractivity contribution is 7.80. The van der Waals surface area contributed by atoms with Crippen molar-refractivity contribution >= 4 is 29.6 Å². The van der Waals surface area contributed by atoms with Crippen molar-refractivity contribution in [3.05, 3.63) is 34.7 Å². The van der Waals surface area contributed by atoms with Crippen molar-refractivity contribution in [1.29, 1.82) is 0 Å². The van der Waals surface area contributed by atoms with Gasteiger partial charge < -0.3 is 5.32 Å². The first-order chi connectivity index (χ1) is 10.2. The van der Waals surface area contributed by atoms with Crippen LogP contribution < -0.4 is 11.0 Å². The summed E-state index contributed by atoms with van der Waals surface area (Å²) in [7, 11) is 0. The molecule has 2 rings (SSSR count). The molecule has 1 amide bonds. The number of aryl methyl sites for hydroxylation is 2. The van der Waals surface area contributed by atoms with Crippen LogP contribution in [0.2, 0.25) is 0 Å². The minimum absolute atomic E-state index is 0.0416. The van der Waals surface area contributed by atoms with Gasteiger partial charge in [-0.2, -0.15) is 12.6 Å². The van der Waals surface area contributed by atoms with E-state index in [0.717, 1.165) is 17.5 Å². The Balaban J connectivity index is 2.25. The average Bonchev–Trinajstić information content (AvgIpc) is 2.76. The average molecular weight is 307 g/mol. The van der Waals surface area contributed by atoms with E-state index in [1.807, 2.05) is 31.2 Å². The molecule has 1 heterocycles. The van der Waals surface area contributed by atoms with Crippen molar-refractivity contribution in [2.45, 2.75) is 32.9 Å². The lowest BCUT2D eigenvalue weighted by Crippen LogP contribution is -2.29. The highest BCUT2D eigenvalue weighted by Gasteiger charge is 2.12. The molecule has 0 unspecified atom stereocenters. The fraction of sp³-hybridized carbons (Fsp3) is 0.467. The highest BCUT2D eigenvalue weighted by Crippen LogP contribution is 2.13. The molecule has 1 aromatic heterocycles. The summed E-state index contributed by atoms with van der Waals surface area (Å²) in [5.74, 6) is 0.560. The van der Waals surface area contributed by atoms with Crippen molar-refractivity contribution in [3.8, 4) is 0 Å². The molecule has 0 radical (unpaired) electrons. The molecule has 0 saturated heterocycles. The zero-order valence-electron chi connectivity index (χ0n) is 12.2. The summed E-state index contributed by atoms with van der Waals surface area (Å²) in [6, 6.07) is 7.71. The lowest BCUT2D eigenvalue weighted by molar-refractivity contribution is -0.121. The summed E-state index contributed by atoms with van der Waals surface area (Å²) in [6.45, 7) is 3.69. The Kier molecular flexibility index (Phi) is 5.50. The minimum atomic E-state index is -0.0525. The van der Waals surface area contributed by atoms with E-state index in [-0.39, 0.29) is 11.6 Å². The van der Waals surface area contributed by atoms with E-state index in [1.54, 1.807) is 9.13 Å². The molecule has 0 fully saturated rings. The molecule has 5 nitrogen and oxygen atoms in total. The topological polar surface area (TPSA) is 56.0 Å². The summed E-state index contributed by atoms with van der Waals surface area (Å²) < 4.78 is 3.46. The first-order valence-electron chi connectivity index (χ1n) is 7.24. The molecular weight excluding hydrogens is 286 g/mol. The molecule has 0 atom stereocenters. The molecule has 0 spiro atoms. The lowest BCUT2D eigenvalue weighted by atomic mass is 10.3. The van der Waals surface area contributed by atoms with Gasteiger partial charge in [0, 0.05) is 31.8 Å². The molecule has 0 saturated carbocycles. The van der Waals surface area contributed by atoms with E-state index in [0.29, 0.717) is 31.8 Å². The Morgan fingerprint density at radius 1 is 1.19 bits per heavy atom. The van der Waals surface area contributed by atoms with Crippen molar-refractivity contribution in [2.24, 2.45) is 0 Å². The molecule has 21 heavy (non-hydrogen) atoms. The van der Waals surface area contributed by atoms with E-state index in [1.165, 1.54) is 0 Å². The van der Waals surface area contributed by atoms with E-state index in [4.69, 9.17) is 0 Å². The third kappa shape index (κ3) is 3.50. The lowest BCUT2D eigenvalue weighted by Gasteiger charge is -2.04. The van der Waals surface area contributed by atoms with E-state index < -0.39 is 0 Å². The Bertz CT molecular complexity index is 675. The number of benzene rings is 1. The van der Waals surface area contributed by atoms with E-state index >= 15 is 0 Å². The van der Waals surface area contributed by atoms with Gasteiger partial charge >= 0.3 is 5.69 Å². The van der Waals surface area contributed by atoms with Crippen LogP contribution in [0.5, 0.6) is 0 Å². The fourth-order valence-electron chi connectivity index (χ4n) is 2.43. The molecule has 6 heteroatoms. The number of carbonyl (C=O) groups excluding carboxylic acids is 1. The number of fused-ring (bicyclic) bond motifs is 1. The van der Waals surface area contributed by atoms with Gasteiger partial charge in [-0.15, -0.1) is 0 Å². The predicted octanol–water partition coefficient (Wildman–Crippen LogP) is 1.65. The van der Waals surface area contributed by atoms with Crippen LogP contribution in [0, 0.1) is 0 Å². The maximum atomic E-state index is 12.5. The quantitative estimate of drug-likeness (QED) is 0.764. The number of carbonyl (C=O) groups is 1. The molecule has 2 aromatic rings. The SMILES string of the molecule is CCCn1c(=O)n(CCC(=O)NCCS)c2ccccc21. The normalized spacial score (nSPS) is 11.0. The van der Waals surface area contributed by atoms with Crippen molar-refractivity contribution < 1.29 is 4.79 Å². The number of imidazole rings is 1. The van der Waals surface area contributed by atoms with Crippen molar-refractivity contribution in [2.75, 3.05) is 12.3 Å². The number of thiol groups is 1. The zero-order chi connectivity index (χ0) is 15.2. The maximum Gasteiger partial charge on any atom is 0.329 e. The standard InChI is InChI=1S/C15H21N3O2S/c1-2-9-17-12-5-3-4-6-13(12)18(15(17)20)10-7-14(19)16-8-11-21/h3-6,21H,2,7-11H2,1H3,(H,16,19). The molecule has 1 N–H and O–H groups in total. The van der Waals surface area contributed by atoms with Crippen molar-refractivity contribution in [3.63, 3.8) is 0 Å². The molecular formula is C15H21N3O2S. The predicted molar refractivity (Wildman–Crippen MR) is 88.0 cm³/mol. The summed E-state index contributed by atoms with van der Waals surface area (Å²) in [5, 5.41) is 2.76. The first-order valence-corrected chi connectivity index (χ1v) is 7.88. The minimum Gasteiger partial charge on any atom is -0.355 e. The Morgan fingerprint density at radius 2 is 1.81 bits per heavy atom. The fourth-order valence-corrected chi connectivity index (χ4v) is 2.54. The number of nitrogens with one attached hydrogen (secondary N) is 1. The second-order valence-electron chi connectivity index (χ2n) is 4.90. The van der Waals surface area contributed by atoms with Crippen LogP contribution in [-0.2, 0) is 17.9 Å². The summed E-state index contributed by atoms with van der Waals surface area (Å²) in [6.07, 6.45) is 1.20. The maximum absolute atomic E-state index is 12.5. The molecule has 1 aromatic carbocycles. The number of hydrogen-bond donors (Lipinski definition) is 2. The summed E-state index contributed by atoms with van der Waals surface area (Å²) in [4.78, 5) is 24.2. The second kappa shape index (κ2) is 7.36. The van der Waals surface area contributed by atoms with Gasteiger partial charge in [-0.3, -0.25) is 13.9 Å². The molecule has 114 valence electrons. The summed E-state index contributed by atoms with van der Waals surface area (Å²) in [5.41, 5.74) is 1.78. The summed E-state index contributed by atoms with van der Waals surface area (Å²) >= 11 is 4.05. The number of nitrogens with zero attached hydrogens (tertiary/aromatic N) is 2. The van der Waals surface area contributed by atoms with Crippen LogP contribution >= 0.6 is 12.6 Å². The Hall–Kier alpha value is -1.69. The van der Waals surface area contributed by atoms with Crippen LogP contribution in [-0.4, -0.2) is 27.3 Å². The molecule has 0 aliphatic heterocycles. The van der Waals surface area contributed by atoms with Crippen LogP contribution in [0.3, 0.4) is 0 Å². The van der Waals surface area contributed by atoms with Gasteiger partial charge in [0.05, 0.1) is 11.0 Å². The van der Waals surface area contributed by atoms with Gasteiger partial charge in [0.2, 0.25) is 5.91 Å². The van der Waals surface area contributed by atoms with Crippen LogP contribution in [0.1, 0.15) is 19.8 Å². The van der Waals surface area contributed by atoms with E-state index in [9.17, 15) is 9.59 Å². The van der Waals surface area contributed by atoms with Crippen LogP contribution in [0.25, 0.3) is 11.0 Å². The second-order valence-corrected chi connectivity index (χ2v) is 5.35. The number of amides is 1. The molecule has 0 bridgehead atoms. The van der Waals surface area contributed by atoms with E-state index in [2.05, 4.69) is 17.9 Å². The third-order valence-electron chi connectivity index (χ3n) is 3.37. The number of rotatable bonds is 7. The Morgan fingerprint density at radius 3 is 2.38 bits per heavy atom. The zero-order valence-corrected chi connectivity index (χ0v) is 13.1. The van der Waals surface area contributed by atoms with Gasteiger partial charge in [-0.05, 0) is 18.6 Å². The van der Waals surface area contributed by atoms with Gasteiger partial charge in [0.1, 0.15) is 0 Å². The van der Waals surface area contributed by atoms with Crippen molar-refractivity contribution in [1.82, 2.24) is 14.5 Å². The third-order valence-corrected chi connectivity index (χ3v) is 3.59. The first kappa shape index (κ1) is 15.7. The number of para-hydroxylation sites is 2. The molecule has 0 aliphatic rings.